The first-order valence-electron chi connectivity index (χ1n) is 8.48. The van der Waals surface area contributed by atoms with Crippen molar-refractivity contribution in [2.24, 2.45) is 0 Å². The smallest absolute Gasteiger partial charge is 0.242 e. The van der Waals surface area contributed by atoms with Gasteiger partial charge in [-0.05, 0) is 55.2 Å². The fourth-order valence-corrected chi connectivity index (χ4v) is 4.07. The van der Waals surface area contributed by atoms with Crippen LogP contribution in [0.4, 0.5) is 5.69 Å². The van der Waals surface area contributed by atoms with E-state index in [0.29, 0.717) is 0 Å². The highest BCUT2D eigenvalue weighted by molar-refractivity contribution is 9.10. The SMILES string of the molecule is CCc1cccc(CC)c1NC(=O)C(C)NS(=O)(=O)c1ccc(Br)cc1. The summed E-state index contributed by atoms with van der Waals surface area (Å²) >= 11 is 3.27. The average molecular weight is 439 g/mol. The first-order chi connectivity index (χ1) is 12.3. The molecule has 26 heavy (non-hydrogen) atoms. The second kappa shape index (κ2) is 8.79. The van der Waals surface area contributed by atoms with Gasteiger partial charge in [0.05, 0.1) is 10.9 Å². The highest BCUT2D eigenvalue weighted by Gasteiger charge is 2.23. The quantitative estimate of drug-likeness (QED) is 0.688. The third-order valence-corrected chi connectivity index (χ3v) is 6.18. The Labute approximate surface area is 163 Å². The molecule has 2 aromatic carbocycles. The van der Waals surface area contributed by atoms with E-state index in [0.717, 1.165) is 34.1 Å². The normalized spacial score (nSPS) is 12.6. The predicted octanol–water partition coefficient (Wildman–Crippen LogP) is 3.88. The number of para-hydroxylation sites is 1. The number of amides is 1. The van der Waals surface area contributed by atoms with Gasteiger partial charge in [0, 0.05) is 10.2 Å². The Morgan fingerprint density at radius 1 is 1.04 bits per heavy atom. The molecule has 0 fully saturated rings. The summed E-state index contributed by atoms with van der Waals surface area (Å²) in [5.41, 5.74) is 2.83. The van der Waals surface area contributed by atoms with Crippen molar-refractivity contribution in [2.75, 3.05) is 5.32 Å². The van der Waals surface area contributed by atoms with Gasteiger partial charge in [0.15, 0.2) is 0 Å². The molecular formula is C19H23BrN2O3S. The van der Waals surface area contributed by atoms with Gasteiger partial charge in [0.1, 0.15) is 0 Å². The van der Waals surface area contributed by atoms with E-state index in [1.807, 2.05) is 32.0 Å². The number of carbonyl (C=O) groups excluding carboxylic acids is 1. The van der Waals surface area contributed by atoms with Gasteiger partial charge >= 0.3 is 0 Å². The molecule has 0 saturated carbocycles. The van der Waals surface area contributed by atoms with E-state index in [9.17, 15) is 13.2 Å². The maximum absolute atomic E-state index is 12.6. The topological polar surface area (TPSA) is 75.3 Å². The highest BCUT2D eigenvalue weighted by Crippen LogP contribution is 2.23. The zero-order valence-electron chi connectivity index (χ0n) is 15.0. The van der Waals surface area contributed by atoms with Crippen LogP contribution in [0, 0.1) is 0 Å². The van der Waals surface area contributed by atoms with E-state index in [-0.39, 0.29) is 10.8 Å². The summed E-state index contributed by atoms with van der Waals surface area (Å²) in [5, 5.41) is 2.89. The number of hydrogen-bond donors (Lipinski definition) is 2. The lowest BCUT2D eigenvalue weighted by atomic mass is 10.0. The van der Waals surface area contributed by atoms with Crippen LogP contribution in [0.25, 0.3) is 0 Å². The fourth-order valence-electron chi connectivity index (χ4n) is 2.60. The molecular weight excluding hydrogens is 416 g/mol. The van der Waals surface area contributed by atoms with Crippen LogP contribution in [0.2, 0.25) is 0 Å². The first kappa shape index (κ1) is 20.6. The van der Waals surface area contributed by atoms with Crippen LogP contribution in [0.15, 0.2) is 51.8 Å². The molecule has 1 amide bonds. The van der Waals surface area contributed by atoms with Crippen LogP contribution in [0.5, 0.6) is 0 Å². The van der Waals surface area contributed by atoms with Crippen LogP contribution >= 0.6 is 15.9 Å². The largest absolute Gasteiger partial charge is 0.324 e. The van der Waals surface area contributed by atoms with Crippen molar-refractivity contribution in [1.82, 2.24) is 4.72 Å². The first-order valence-corrected chi connectivity index (χ1v) is 10.8. The molecule has 7 heteroatoms. The molecule has 0 radical (unpaired) electrons. The third kappa shape index (κ3) is 4.93. The van der Waals surface area contributed by atoms with Gasteiger partial charge in [-0.3, -0.25) is 4.79 Å². The number of halogens is 1. The van der Waals surface area contributed by atoms with Gasteiger partial charge in [-0.1, -0.05) is 48.0 Å². The third-order valence-electron chi connectivity index (χ3n) is 4.10. The van der Waals surface area contributed by atoms with Crippen molar-refractivity contribution in [2.45, 2.75) is 44.6 Å². The fraction of sp³-hybridized carbons (Fsp3) is 0.316. The predicted molar refractivity (Wildman–Crippen MR) is 108 cm³/mol. The summed E-state index contributed by atoms with van der Waals surface area (Å²) in [6.07, 6.45) is 1.56. The van der Waals surface area contributed by atoms with Crippen molar-refractivity contribution in [3.8, 4) is 0 Å². The lowest BCUT2D eigenvalue weighted by Crippen LogP contribution is -2.41. The lowest BCUT2D eigenvalue weighted by molar-refractivity contribution is -0.117. The monoisotopic (exact) mass is 438 g/mol. The molecule has 1 atom stereocenters. The van der Waals surface area contributed by atoms with Gasteiger partial charge in [0.25, 0.3) is 0 Å². The molecule has 2 aromatic rings. The van der Waals surface area contributed by atoms with Crippen LogP contribution in [0.3, 0.4) is 0 Å². The Morgan fingerprint density at radius 3 is 2.08 bits per heavy atom. The maximum atomic E-state index is 12.6. The summed E-state index contributed by atoms with van der Waals surface area (Å²) in [5.74, 6) is -0.388. The number of rotatable bonds is 7. The minimum atomic E-state index is -3.78. The van der Waals surface area contributed by atoms with Gasteiger partial charge < -0.3 is 5.32 Å². The van der Waals surface area contributed by atoms with Crippen molar-refractivity contribution < 1.29 is 13.2 Å². The number of carbonyl (C=O) groups is 1. The van der Waals surface area contributed by atoms with Crippen molar-refractivity contribution >= 4 is 37.5 Å². The molecule has 2 rings (SSSR count). The zero-order chi connectivity index (χ0) is 19.3. The number of hydrogen-bond acceptors (Lipinski definition) is 3. The van der Waals surface area contributed by atoms with Gasteiger partial charge in [-0.15, -0.1) is 0 Å². The molecule has 0 aromatic heterocycles. The van der Waals surface area contributed by atoms with Gasteiger partial charge in [0.2, 0.25) is 15.9 Å². The Bertz CT molecular complexity index is 858. The Balaban J connectivity index is 2.17. The summed E-state index contributed by atoms with van der Waals surface area (Å²) in [6.45, 7) is 5.57. The van der Waals surface area contributed by atoms with E-state index < -0.39 is 16.1 Å². The van der Waals surface area contributed by atoms with Crippen LogP contribution in [-0.4, -0.2) is 20.4 Å². The highest BCUT2D eigenvalue weighted by atomic mass is 79.9. The Morgan fingerprint density at radius 2 is 1.58 bits per heavy atom. The average Bonchev–Trinajstić information content (AvgIpc) is 2.61. The minimum Gasteiger partial charge on any atom is -0.324 e. The van der Waals surface area contributed by atoms with Crippen molar-refractivity contribution in [1.29, 1.82) is 0 Å². The van der Waals surface area contributed by atoms with E-state index in [2.05, 4.69) is 26.0 Å². The number of nitrogens with one attached hydrogen (secondary N) is 2. The standard InChI is InChI=1S/C19H23BrN2O3S/c1-4-14-7-6-8-15(5-2)18(14)21-19(23)13(3)22-26(24,25)17-11-9-16(20)10-12-17/h6-13,22H,4-5H2,1-3H3,(H,21,23). The maximum Gasteiger partial charge on any atom is 0.242 e. The number of benzene rings is 2. The second-order valence-electron chi connectivity index (χ2n) is 5.94. The van der Waals surface area contributed by atoms with Crippen LogP contribution < -0.4 is 10.0 Å². The van der Waals surface area contributed by atoms with Crippen molar-refractivity contribution in [3.63, 3.8) is 0 Å². The molecule has 2 N–H and O–H groups in total. The Kier molecular flexibility index (Phi) is 6.97. The van der Waals surface area contributed by atoms with Gasteiger partial charge in [-0.25, -0.2) is 8.42 Å². The number of aryl methyl sites for hydroxylation is 2. The van der Waals surface area contributed by atoms with Crippen LogP contribution in [0.1, 0.15) is 31.9 Å². The summed E-state index contributed by atoms with van der Waals surface area (Å²) in [7, 11) is -3.78. The minimum absolute atomic E-state index is 0.114. The van der Waals surface area contributed by atoms with E-state index in [4.69, 9.17) is 0 Å². The molecule has 5 nitrogen and oxygen atoms in total. The molecule has 0 spiro atoms. The van der Waals surface area contributed by atoms with Gasteiger partial charge in [-0.2, -0.15) is 4.72 Å². The molecule has 0 aliphatic heterocycles. The molecule has 1 unspecified atom stereocenters. The van der Waals surface area contributed by atoms with E-state index >= 15 is 0 Å². The van der Waals surface area contributed by atoms with Crippen molar-refractivity contribution in [3.05, 3.63) is 58.1 Å². The zero-order valence-corrected chi connectivity index (χ0v) is 17.4. The Hall–Kier alpha value is -1.70. The van der Waals surface area contributed by atoms with Crippen LogP contribution in [-0.2, 0) is 27.7 Å². The second-order valence-corrected chi connectivity index (χ2v) is 8.57. The molecule has 0 bridgehead atoms. The molecule has 140 valence electrons. The lowest BCUT2D eigenvalue weighted by Gasteiger charge is -2.18. The molecule has 0 saturated heterocycles. The molecule has 0 aliphatic carbocycles. The summed E-state index contributed by atoms with van der Waals surface area (Å²) < 4.78 is 28.1. The summed E-state index contributed by atoms with van der Waals surface area (Å²) in [6, 6.07) is 11.2. The molecule has 0 heterocycles. The number of sulfonamides is 1. The molecule has 0 aliphatic rings. The summed E-state index contributed by atoms with van der Waals surface area (Å²) in [4.78, 5) is 12.7. The number of anilines is 1. The van der Waals surface area contributed by atoms with E-state index in [1.54, 1.807) is 12.1 Å². The van der Waals surface area contributed by atoms with E-state index in [1.165, 1.54) is 19.1 Å².